The molecule has 2 saturated heterocycles. The SMILES string of the molecule is O=C1CC[NH+]([C@@H]2CC(=O)N(c3ccc(Cl)cc3)C2=O)CC1. The van der Waals surface area contributed by atoms with E-state index >= 15 is 0 Å². The lowest BCUT2D eigenvalue weighted by atomic mass is 10.1. The van der Waals surface area contributed by atoms with Crippen molar-refractivity contribution < 1.29 is 19.3 Å². The Kier molecular flexibility index (Phi) is 3.78. The summed E-state index contributed by atoms with van der Waals surface area (Å²) in [7, 11) is 0. The van der Waals surface area contributed by atoms with Crippen molar-refractivity contribution >= 4 is 34.9 Å². The molecule has 1 aromatic rings. The maximum absolute atomic E-state index is 12.5. The molecule has 0 saturated carbocycles. The third-order valence-corrected chi connectivity index (χ3v) is 4.43. The monoisotopic (exact) mass is 307 g/mol. The first-order valence-corrected chi connectivity index (χ1v) is 7.42. The van der Waals surface area contributed by atoms with Crippen molar-refractivity contribution in [3.63, 3.8) is 0 Å². The van der Waals surface area contributed by atoms with Crippen LogP contribution in [-0.2, 0) is 14.4 Å². The molecule has 2 amide bonds. The summed E-state index contributed by atoms with van der Waals surface area (Å²) in [5.41, 5.74) is 0.560. The summed E-state index contributed by atoms with van der Waals surface area (Å²) in [6.45, 7) is 1.27. The summed E-state index contributed by atoms with van der Waals surface area (Å²) in [6.07, 6.45) is 1.20. The van der Waals surface area contributed by atoms with Gasteiger partial charge in [-0.15, -0.1) is 0 Å². The molecule has 110 valence electrons. The number of piperidine rings is 1. The van der Waals surface area contributed by atoms with E-state index in [1.54, 1.807) is 24.3 Å². The number of carbonyl (C=O) groups excluding carboxylic acids is 3. The zero-order valence-corrected chi connectivity index (χ0v) is 12.2. The number of likely N-dealkylation sites (tertiary alicyclic amines) is 1. The zero-order valence-electron chi connectivity index (χ0n) is 11.5. The maximum Gasteiger partial charge on any atom is 0.292 e. The number of anilines is 1. The number of quaternary nitrogens is 1. The van der Waals surface area contributed by atoms with Crippen LogP contribution in [0, 0.1) is 0 Å². The minimum atomic E-state index is -0.360. The second-order valence-electron chi connectivity index (χ2n) is 5.50. The van der Waals surface area contributed by atoms with E-state index in [1.165, 1.54) is 4.90 Å². The van der Waals surface area contributed by atoms with E-state index in [-0.39, 0.29) is 30.1 Å². The Hall–Kier alpha value is -1.72. The number of imide groups is 1. The lowest BCUT2D eigenvalue weighted by Gasteiger charge is -2.27. The Morgan fingerprint density at radius 2 is 1.67 bits per heavy atom. The Bertz CT molecular complexity index is 589. The molecule has 0 aliphatic carbocycles. The Labute approximate surface area is 127 Å². The summed E-state index contributed by atoms with van der Waals surface area (Å²) >= 11 is 5.83. The number of nitrogens with one attached hydrogen (secondary N) is 1. The van der Waals surface area contributed by atoms with Gasteiger partial charge in [-0.2, -0.15) is 0 Å². The summed E-state index contributed by atoms with van der Waals surface area (Å²) in [5.74, 6) is -0.117. The van der Waals surface area contributed by atoms with Crippen LogP contribution in [0.2, 0.25) is 5.02 Å². The van der Waals surface area contributed by atoms with Gasteiger partial charge in [0.2, 0.25) is 5.91 Å². The van der Waals surface area contributed by atoms with Gasteiger partial charge in [-0.1, -0.05) is 11.6 Å². The lowest BCUT2D eigenvalue weighted by Crippen LogP contribution is -3.17. The van der Waals surface area contributed by atoms with Gasteiger partial charge in [-0.25, -0.2) is 4.90 Å². The molecule has 2 heterocycles. The standard InChI is InChI=1S/C15H15ClN2O3/c16-10-1-3-11(4-2-10)18-14(20)9-13(15(18)21)17-7-5-12(19)6-8-17/h1-4,13H,5-9H2/p+1/t13-/m1/s1. The topological polar surface area (TPSA) is 58.9 Å². The number of nitrogens with zero attached hydrogens (tertiary/aromatic N) is 1. The van der Waals surface area contributed by atoms with Gasteiger partial charge < -0.3 is 4.90 Å². The second kappa shape index (κ2) is 5.58. The van der Waals surface area contributed by atoms with Crippen LogP contribution in [0.25, 0.3) is 0 Å². The normalized spacial score (nSPS) is 24.0. The van der Waals surface area contributed by atoms with Gasteiger partial charge in [-0.3, -0.25) is 14.4 Å². The Morgan fingerprint density at radius 1 is 1.05 bits per heavy atom. The molecule has 0 radical (unpaired) electrons. The van der Waals surface area contributed by atoms with Crippen molar-refractivity contribution in [1.82, 2.24) is 0 Å². The number of hydrogen-bond acceptors (Lipinski definition) is 3. The van der Waals surface area contributed by atoms with Crippen LogP contribution < -0.4 is 9.80 Å². The molecule has 2 aliphatic rings. The highest BCUT2D eigenvalue weighted by Gasteiger charge is 2.46. The number of halogens is 1. The first-order chi connectivity index (χ1) is 10.1. The van der Waals surface area contributed by atoms with E-state index in [4.69, 9.17) is 11.6 Å². The van der Waals surface area contributed by atoms with Gasteiger partial charge in [-0.05, 0) is 24.3 Å². The third-order valence-electron chi connectivity index (χ3n) is 4.17. The lowest BCUT2D eigenvalue weighted by molar-refractivity contribution is -0.916. The molecule has 1 atom stereocenters. The fourth-order valence-electron chi connectivity index (χ4n) is 3.01. The minimum absolute atomic E-state index is 0.174. The summed E-state index contributed by atoms with van der Waals surface area (Å²) in [4.78, 5) is 38.3. The highest BCUT2D eigenvalue weighted by atomic mass is 35.5. The molecule has 0 aromatic heterocycles. The second-order valence-corrected chi connectivity index (χ2v) is 5.93. The summed E-state index contributed by atoms with van der Waals surface area (Å²) < 4.78 is 0. The van der Waals surface area contributed by atoms with E-state index < -0.39 is 0 Å². The quantitative estimate of drug-likeness (QED) is 0.795. The molecular formula is C15H16ClN2O3+. The smallest absolute Gasteiger partial charge is 0.292 e. The molecule has 5 nitrogen and oxygen atoms in total. The van der Waals surface area contributed by atoms with Crippen molar-refractivity contribution in [3.8, 4) is 0 Å². The molecule has 21 heavy (non-hydrogen) atoms. The molecule has 1 N–H and O–H groups in total. The Morgan fingerprint density at radius 3 is 2.29 bits per heavy atom. The molecule has 0 spiro atoms. The largest absolute Gasteiger partial charge is 0.324 e. The molecule has 2 aliphatic heterocycles. The average molecular weight is 308 g/mol. The molecule has 1 aromatic carbocycles. The van der Waals surface area contributed by atoms with E-state index in [2.05, 4.69) is 0 Å². The fourth-order valence-corrected chi connectivity index (χ4v) is 3.14. The highest BCUT2D eigenvalue weighted by molar-refractivity contribution is 6.30. The van der Waals surface area contributed by atoms with Gasteiger partial charge in [0, 0.05) is 5.02 Å². The van der Waals surface area contributed by atoms with Crippen LogP contribution in [-0.4, -0.2) is 36.7 Å². The maximum atomic E-state index is 12.5. The number of amides is 2. The third kappa shape index (κ3) is 2.71. The zero-order chi connectivity index (χ0) is 15.0. The molecule has 0 bridgehead atoms. The molecule has 0 unspecified atom stereocenters. The number of ketones is 1. The number of hydrogen-bond donors (Lipinski definition) is 1. The first-order valence-electron chi connectivity index (χ1n) is 7.05. The van der Waals surface area contributed by atoms with Gasteiger partial charge >= 0.3 is 0 Å². The predicted octanol–water partition coefficient (Wildman–Crippen LogP) is 0.220. The predicted molar refractivity (Wildman–Crippen MR) is 77.3 cm³/mol. The van der Waals surface area contributed by atoms with Crippen LogP contribution in [0.15, 0.2) is 24.3 Å². The number of rotatable bonds is 2. The molecular weight excluding hydrogens is 292 g/mol. The van der Waals surface area contributed by atoms with Crippen LogP contribution >= 0.6 is 11.6 Å². The van der Waals surface area contributed by atoms with Crippen LogP contribution in [0.3, 0.4) is 0 Å². The summed E-state index contributed by atoms with van der Waals surface area (Å²) in [5, 5.41) is 0.564. The van der Waals surface area contributed by atoms with E-state index in [9.17, 15) is 14.4 Å². The Balaban J connectivity index is 1.79. The van der Waals surface area contributed by atoms with E-state index in [1.807, 2.05) is 0 Å². The van der Waals surface area contributed by atoms with Crippen LogP contribution in [0.4, 0.5) is 5.69 Å². The minimum Gasteiger partial charge on any atom is -0.324 e. The van der Waals surface area contributed by atoms with E-state index in [0.717, 1.165) is 4.90 Å². The van der Waals surface area contributed by atoms with Crippen LogP contribution in [0.1, 0.15) is 19.3 Å². The van der Waals surface area contributed by atoms with Crippen LogP contribution in [0.5, 0.6) is 0 Å². The molecule has 3 rings (SSSR count). The van der Waals surface area contributed by atoms with Crippen molar-refractivity contribution in [2.24, 2.45) is 0 Å². The van der Waals surface area contributed by atoms with Gasteiger partial charge in [0.05, 0.1) is 38.0 Å². The highest BCUT2D eigenvalue weighted by Crippen LogP contribution is 2.23. The molecule has 2 fully saturated rings. The van der Waals surface area contributed by atoms with Gasteiger partial charge in [0.15, 0.2) is 6.04 Å². The van der Waals surface area contributed by atoms with Crippen molar-refractivity contribution in [2.45, 2.75) is 25.3 Å². The summed E-state index contributed by atoms with van der Waals surface area (Å²) in [6, 6.07) is 6.32. The first kappa shape index (κ1) is 14.2. The number of carbonyl (C=O) groups is 3. The average Bonchev–Trinajstić information content (AvgIpc) is 2.76. The van der Waals surface area contributed by atoms with Gasteiger partial charge in [0.25, 0.3) is 5.91 Å². The van der Waals surface area contributed by atoms with Gasteiger partial charge in [0.1, 0.15) is 5.78 Å². The fraction of sp³-hybridized carbons (Fsp3) is 0.400. The number of Topliss-reactive ketones (excluding diaryl/α,β-unsaturated/α-hetero) is 1. The van der Waals surface area contributed by atoms with E-state index in [0.29, 0.717) is 36.6 Å². The van der Waals surface area contributed by atoms with Crippen molar-refractivity contribution in [1.29, 1.82) is 0 Å². The molecule has 6 heteroatoms. The van der Waals surface area contributed by atoms with Crippen molar-refractivity contribution in [3.05, 3.63) is 29.3 Å². The number of benzene rings is 1. The van der Waals surface area contributed by atoms with Crippen molar-refractivity contribution in [2.75, 3.05) is 18.0 Å².